The first-order chi connectivity index (χ1) is 11.2. The Bertz CT molecular complexity index is 690. The molecule has 1 atom stereocenters. The normalized spacial score (nSPS) is 24.0. The van der Waals surface area contributed by atoms with Gasteiger partial charge in [0, 0.05) is 18.3 Å². The SMILES string of the molecule is O=C(NC1(C(F)(F)F)NC(=O)N(Cc2cccnc2)C1=O)C1CC1. The van der Waals surface area contributed by atoms with E-state index < -0.39 is 35.6 Å². The van der Waals surface area contributed by atoms with Crippen LogP contribution in [0.4, 0.5) is 18.0 Å². The van der Waals surface area contributed by atoms with Crippen LogP contribution in [0.3, 0.4) is 0 Å². The second kappa shape index (κ2) is 5.46. The first-order valence-corrected chi connectivity index (χ1v) is 7.16. The molecule has 1 aliphatic carbocycles. The van der Waals surface area contributed by atoms with E-state index in [1.54, 1.807) is 10.6 Å². The van der Waals surface area contributed by atoms with Gasteiger partial charge in [-0.25, -0.2) is 4.79 Å². The number of urea groups is 1. The summed E-state index contributed by atoms with van der Waals surface area (Å²) in [5.41, 5.74) is -3.04. The average molecular weight is 342 g/mol. The van der Waals surface area contributed by atoms with Gasteiger partial charge in [-0.1, -0.05) is 6.07 Å². The van der Waals surface area contributed by atoms with Crippen molar-refractivity contribution < 1.29 is 27.6 Å². The van der Waals surface area contributed by atoms with Crippen LogP contribution in [-0.4, -0.2) is 39.6 Å². The lowest BCUT2D eigenvalue weighted by atomic mass is 10.1. The summed E-state index contributed by atoms with van der Waals surface area (Å²) in [7, 11) is 0. The fraction of sp³-hybridized carbons (Fsp3) is 0.429. The molecule has 2 heterocycles. The van der Waals surface area contributed by atoms with E-state index in [-0.39, 0.29) is 6.54 Å². The van der Waals surface area contributed by atoms with Crippen molar-refractivity contribution in [1.82, 2.24) is 20.5 Å². The minimum atomic E-state index is -5.17. The van der Waals surface area contributed by atoms with Crippen molar-refractivity contribution in [3.05, 3.63) is 30.1 Å². The maximum absolute atomic E-state index is 13.5. The molecule has 10 heteroatoms. The number of hydrogen-bond donors (Lipinski definition) is 2. The van der Waals surface area contributed by atoms with Crippen molar-refractivity contribution >= 4 is 17.8 Å². The Morgan fingerprint density at radius 3 is 2.67 bits per heavy atom. The molecule has 2 aliphatic rings. The van der Waals surface area contributed by atoms with E-state index in [2.05, 4.69) is 4.98 Å². The predicted molar refractivity (Wildman–Crippen MR) is 73.0 cm³/mol. The molecule has 1 unspecified atom stereocenters. The highest BCUT2D eigenvalue weighted by Crippen LogP contribution is 2.36. The van der Waals surface area contributed by atoms with Gasteiger partial charge in [-0.15, -0.1) is 0 Å². The third-order valence-electron chi connectivity index (χ3n) is 3.85. The molecule has 4 amide bonds. The smallest absolute Gasteiger partial charge is 0.318 e. The van der Waals surface area contributed by atoms with Gasteiger partial charge in [0.05, 0.1) is 6.54 Å². The van der Waals surface area contributed by atoms with Gasteiger partial charge in [-0.2, -0.15) is 13.2 Å². The minimum Gasteiger partial charge on any atom is -0.318 e. The summed E-state index contributed by atoms with van der Waals surface area (Å²) in [5.74, 6) is -3.01. The van der Waals surface area contributed by atoms with Gasteiger partial charge in [0.2, 0.25) is 5.91 Å². The second-order valence-corrected chi connectivity index (χ2v) is 5.69. The van der Waals surface area contributed by atoms with Gasteiger partial charge in [0.25, 0.3) is 11.6 Å². The summed E-state index contributed by atoms with van der Waals surface area (Å²) in [4.78, 5) is 40.3. The van der Waals surface area contributed by atoms with E-state index in [0.29, 0.717) is 23.3 Å². The maximum atomic E-state index is 13.5. The van der Waals surface area contributed by atoms with Crippen LogP contribution in [0.5, 0.6) is 0 Å². The number of halogens is 3. The van der Waals surface area contributed by atoms with E-state index in [0.717, 1.165) is 0 Å². The molecular formula is C14H13F3N4O3. The molecule has 2 fully saturated rings. The number of alkyl halides is 3. The van der Waals surface area contributed by atoms with E-state index in [9.17, 15) is 27.6 Å². The minimum absolute atomic E-state index is 0.379. The van der Waals surface area contributed by atoms with Crippen molar-refractivity contribution in [3.63, 3.8) is 0 Å². The molecule has 0 bridgehead atoms. The van der Waals surface area contributed by atoms with Crippen molar-refractivity contribution in [2.45, 2.75) is 31.2 Å². The molecule has 0 radical (unpaired) electrons. The Morgan fingerprint density at radius 1 is 1.42 bits per heavy atom. The number of nitrogens with zero attached hydrogens (tertiary/aromatic N) is 2. The third-order valence-corrected chi connectivity index (χ3v) is 3.85. The summed E-state index contributed by atoms with van der Waals surface area (Å²) in [6, 6.07) is 1.82. The largest absolute Gasteiger partial charge is 0.440 e. The Balaban J connectivity index is 1.88. The van der Waals surface area contributed by atoms with Crippen LogP contribution in [0, 0.1) is 5.92 Å². The molecule has 128 valence electrons. The quantitative estimate of drug-likeness (QED) is 0.796. The fourth-order valence-electron chi connectivity index (χ4n) is 2.37. The van der Waals surface area contributed by atoms with Crippen LogP contribution in [0.1, 0.15) is 18.4 Å². The molecule has 24 heavy (non-hydrogen) atoms. The molecule has 1 saturated heterocycles. The summed E-state index contributed by atoms with van der Waals surface area (Å²) in [6.45, 7) is -0.379. The number of aromatic nitrogens is 1. The fourth-order valence-corrected chi connectivity index (χ4v) is 2.37. The van der Waals surface area contributed by atoms with Crippen LogP contribution in [0.15, 0.2) is 24.5 Å². The molecule has 7 nitrogen and oxygen atoms in total. The number of amides is 4. The topological polar surface area (TPSA) is 91.4 Å². The van der Waals surface area contributed by atoms with Gasteiger partial charge in [-0.05, 0) is 24.5 Å². The number of carbonyl (C=O) groups is 3. The molecule has 2 N–H and O–H groups in total. The van der Waals surface area contributed by atoms with Gasteiger partial charge in [0.15, 0.2) is 0 Å². The van der Waals surface area contributed by atoms with Crippen LogP contribution in [-0.2, 0) is 16.1 Å². The zero-order chi connectivity index (χ0) is 17.5. The number of carbonyl (C=O) groups excluding carboxylic acids is 3. The molecule has 1 aliphatic heterocycles. The van der Waals surface area contributed by atoms with E-state index in [1.807, 2.05) is 0 Å². The van der Waals surface area contributed by atoms with Crippen molar-refractivity contribution in [1.29, 1.82) is 0 Å². The predicted octanol–water partition coefficient (Wildman–Crippen LogP) is 0.918. The van der Waals surface area contributed by atoms with Gasteiger partial charge < -0.3 is 5.32 Å². The Morgan fingerprint density at radius 2 is 2.12 bits per heavy atom. The summed E-state index contributed by atoms with van der Waals surface area (Å²) >= 11 is 0. The van der Waals surface area contributed by atoms with Gasteiger partial charge in [-0.3, -0.25) is 24.8 Å². The third kappa shape index (κ3) is 2.68. The highest BCUT2D eigenvalue weighted by Gasteiger charge is 2.69. The molecule has 1 aromatic heterocycles. The molecule has 0 spiro atoms. The van der Waals surface area contributed by atoms with Crippen molar-refractivity contribution in [3.8, 4) is 0 Å². The molecule has 0 aromatic carbocycles. The zero-order valence-corrected chi connectivity index (χ0v) is 12.3. The lowest BCUT2D eigenvalue weighted by Crippen LogP contribution is -2.69. The van der Waals surface area contributed by atoms with E-state index >= 15 is 0 Å². The lowest BCUT2D eigenvalue weighted by molar-refractivity contribution is -0.204. The van der Waals surface area contributed by atoms with E-state index in [4.69, 9.17) is 0 Å². The van der Waals surface area contributed by atoms with Gasteiger partial charge in [0.1, 0.15) is 0 Å². The first-order valence-electron chi connectivity index (χ1n) is 7.16. The molecule has 1 saturated carbocycles. The average Bonchev–Trinajstić information content (AvgIpc) is 3.32. The lowest BCUT2D eigenvalue weighted by Gasteiger charge is -2.29. The highest BCUT2D eigenvalue weighted by atomic mass is 19.4. The molecular weight excluding hydrogens is 329 g/mol. The maximum Gasteiger partial charge on any atom is 0.440 e. The van der Waals surface area contributed by atoms with Crippen LogP contribution >= 0.6 is 0 Å². The van der Waals surface area contributed by atoms with E-state index in [1.165, 1.54) is 24.5 Å². The number of hydrogen-bond acceptors (Lipinski definition) is 4. The van der Waals surface area contributed by atoms with Gasteiger partial charge >= 0.3 is 12.2 Å². The second-order valence-electron chi connectivity index (χ2n) is 5.69. The Hall–Kier alpha value is -2.65. The zero-order valence-electron chi connectivity index (χ0n) is 12.3. The standard InChI is InChI=1S/C14H13F3N4O3/c15-14(16,17)13(19-10(22)9-3-4-9)11(23)21(12(24)20-13)7-8-2-1-5-18-6-8/h1-2,5-6,9H,3-4,7H2,(H,19,22)(H,20,24). The van der Waals surface area contributed by atoms with Crippen molar-refractivity contribution in [2.75, 3.05) is 0 Å². The molecule has 3 rings (SSSR count). The number of nitrogens with one attached hydrogen (secondary N) is 2. The highest BCUT2D eigenvalue weighted by molar-refractivity contribution is 6.09. The number of imide groups is 1. The van der Waals surface area contributed by atoms with Crippen molar-refractivity contribution in [2.24, 2.45) is 5.92 Å². The summed E-state index contributed by atoms with van der Waals surface area (Å²) < 4.78 is 40.5. The summed E-state index contributed by atoms with van der Waals surface area (Å²) in [6.07, 6.45) is -1.47. The molecule has 1 aromatic rings. The monoisotopic (exact) mass is 342 g/mol. The summed E-state index contributed by atoms with van der Waals surface area (Å²) in [5, 5.41) is 3.29. The number of pyridine rings is 1. The van der Waals surface area contributed by atoms with Crippen LogP contribution < -0.4 is 10.6 Å². The Kier molecular flexibility index (Phi) is 3.69. The Labute approximate surface area is 134 Å². The van der Waals surface area contributed by atoms with Crippen LogP contribution in [0.2, 0.25) is 0 Å². The first kappa shape index (κ1) is 16.2. The van der Waals surface area contributed by atoms with Crippen LogP contribution in [0.25, 0.3) is 0 Å². The number of rotatable bonds is 4.